The first-order chi connectivity index (χ1) is 9.01. The van der Waals surface area contributed by atoms with Crippen molar-refractivity contribution in [1.29, 1.82) is 0 Å². The van der Waals surface area contributed by atoms with Gasteiger partial charge in [0.05, 0.1) is 11.6 Å². The first kappa shape index (κ1) is 16.2. The molecule has 1 atom stereocenters. The standard InChI is InChI=1S/C14H21ClN2OS/c1-4-10(2)17(7-8-18-3)11-5-6-12(14(16)19)13(15)9-11/h5-6,9-10H,4,7-8H2,1-3H3,(H2,16,19). The second kappa shape index (κ2) is 7.68. The molecule has 5 heteroatoms. The van der Waals surface area contributed by atoms with Crippen LogP contribution in [0.2, 0.25) is 5.02 Å². The third-order valence-corrected chi connectivity index (χ3v) is 3.74. The maximum Gasteiger partial charge on any atom is 0.105 e. The lowest BCUT2D eigenvalue weighted by molar-refractivity contribution is 0.203. The summed E-state index contributed by atoms with van der Waals surface area (Å²) >= 11 is 11.2. The quantitative estimate of drug-likeness (QED) is 0.785. The van der Waals surface area contributed by atoms with E-state index in [1.165, 1.54) is 0 Å². The van der Waals surface area contributed by atoms with Crippen LogP contribution in [0.5, 0.6) is 0 Å². The number of nitrogens with two attached hydrogens (primary N) is 1. The monoisotopic (exact) mass is 300 g/mol. The molecule has 0 heterocycles. The van der Waals surface area contributed by atoms with Gasteiger partial charge < -0.3 is 15.4 Å². The SMILES string of the molecule is CCC(C)N(CCOC)c1ccc(C(N)=S)c(Cl)c1. The average Bonchev–Trinajstić information content (AvgIpc) is 2.38. The molecule has 0 aromatic heterocycles. The molecular weight excluding hydrogens is 280 g/mol. The van der Waals surface area contributed by atoms with Crippen LogP contribution in [0.25, 0.3) is 0 Å². The fraction of sp³-hybridized carbons (Fsp3) is 0.500. The molecule has 0 bridgehead atoms. The van der Waals surface area contributed by atoms with E-state index in [0.717, 1.165) is 24.2 Å². The minimum Gasteiger partial charge on any atom is -0.389 e. The molecule has 0 saturated heterocycles. The van der Waals surface area contributed by atoms with Gasteiger partial charge >= 0.3 is 0 Å². The van der Waals surface area contributed by atoms with E-state index >= 15 is 0 Å². The maximum absolute atomic E-state index is 6.22. The molecule has 0 aliphatic carbocycles. The van der Waals surface area contributed by atoms with Crippen LogP contribution in [0.3, 0.4) is 0 Å². The lowest BCUT2D eigenvalue weighted by atomic mass is 10.1. The van der Waals surface area contributed by atoms with Crippen molar-refractivity contribution in [3.8, 4) is 0 Å². The van der Waals surface area contributed by atoms with E-state index in [9.17, 15) is 0 Å². The Balaban J connectivity index is 3.02. The molecular formula is C14H21ClN2OS. The zero-order valence-electron chi connectivity index (χ0n) is 11.6. The Labute approximate surface area is 125 Å². The van der Waals surface area contributed by atoms with Crippen molar-refractivity contribution >= 4 is 34.5 Å². The van der Waals surface area contributed by atoms with Crippen molar-refractivity contribution in [2.75, 3.05) is 25.2 Å². The number of benzene rings is 1. The number of rotatable bonds is 7. The van der Waals surface area contributed by atoms with Crippen molar-refractivity contribution in [1.82, 2.24) is 0 Å². The van der Waals surface area contributed by atoms with Gasteiger partial charge in [-0.3, -0.25) is 0 Å². The Bertz CT molecular complexity index is 439. The number of halogens is 1. The number of hydrogen-bond donors (Lipinski definition) is 1. The Morgan fingerprint density at radius 1 is 1.53 bits per heavy atom. The number of ether oxygens (including phenoxy) is 1. The molecule has 0 aliphatic heterocycles. The Morgan fingerprint density at radius 2 is 2.21 bits per heavy atom. The topological polar surface area (TPSA) is 38.5 Å². The van der Waals surface area contributed by atoms with Crippen LogP contribution in [0, 0.1) is 0 Å². The summed E-state index contributed by atoms with van der Waals surface area (Å²) < 4.78 is 5.17. The predicted octanol–water partition coefficient (Wildman–Crippen LogP) is 3.23. The smallest absolute Gasteiger partial charge is 0.105 e. The zero-order valence-corrected chi connectivity index (χ0v) is 13.2. The summed E-state index contributed by atoms with van der Waals surface area (Å²) in [6.45, 7) is 5.85. The van der Waals surface area contributed by atoms with E-state index in [4.69, 9.17) is 34.3 Å². The van der Waals surface area contributed by atoms with Gasteiger partial charge in [-0.05, 0) is 31.5 Å². The van der Waals surface area contributed by atoms with Crippen LogP contribution in [0.15, 0.2) is 18.2 Å². The molecule has 0 saturated carbocycles. The highest BCUT2D eigenvalue weighted by Gasteiger charge is 2.14. The minimum absolute atomic E-state index is 0.323. The van der Waals surface area contributed by atoms with Gasteiger partial charge in [-0.25, -0.2) is 0 Å². The highest BCUT2D eigenvalue weighted by Crippen LogP contribution is 2.25. The van der Waals surface area contributed by atoms with Gasteiger partial charge in [0.15, 0.2) is 0 Å². The van der Waals surface area contributed by atoms with E-state index in [1.807, 2.05) is 18.2 Å². The summed E-state index contributed by atoms with van der Waals surface area (Å²) in [7, 11) is 1.71. The molecule has 1 unspecified atom stereocenters. The van der Waals surface area contributed by atoms with Crippen LogP contribution in [-0.4, -0.2) is 31.3 Å². The molecule has 0 spiro atoms. The highest BCUT2D eigenvalue weighted by atomic mass is 35.5. The van der Waals surface area contributed by atoms with Crippen molar-refractivity contribution in [3.05, 3.63) is 28.8 Å². The lowest BCUT2D eigenvalue weighted by Gasteiger charge is -2.31. The number of anilines is 1. The second-order valence-corrected chi connectivity index (χ2v) is 5.32. The van der Waals surface area contributed by atoms with Crippen LogP contribution in [-0.2, 0) is 4.74 Å². The summed E-state index contributed by atoms with van der Waals surface area (Å²) in [5.41, 5.74) is 7.41. The van der Waals surface area contributed by atoms with E-state index in [-0.39, 0.29) is 0 Å². The van der Waals surface area contributed by atoms with Crippen LogP contribution < -0.4 is 10.6 Å². The van der Waals surface area contributed by atoms with Crippen molar-refractivity contribution < 1.29 is 4.74 Å². The first-order valence-corrected chi connectivity index (χ1v) is 7.14. The predicted molar refractivity (Wildman–Crippen MR) is 86.3 cm³/mol. The molecule has 1 aromatic carbocycles. The fourth-order valence-electron chi connectivity index (χ4n) is 1.90. The fourth-order valence-corrected chi connectivity index (χ4v) is 2.41. The maximum atomic E-state index is 6.22. The molecule has 0 amide bonds. The molecule has 0 aliphatic rings. The van der Waals surface area contributed by atoms with E-state index in [2.05, 4.69) is 18.7 Å². The van der Waals surface area contributed by atoms with Crippen molar-refractivity contribution in [2.24, 2.45) is 5.73 Å². The van der Waals surface area contributed by atoms with E-state index in [1.54, 1.807) is 7.11 Å². The van der Waals surface area contributed by atoms with Crippen LogP contribution >= 0.6 is 23.8 Å². The molecule has 0 radical (unpaired) electrons. The highest BCUT2D eigenvalue weighted by molar-refractivity contribution is 7.80. The number of thiocarbonyl (C=S) groups is 1. The van der Waals surface area contributed by atoms with Crippen LogP contribution in [0.1, 0.15) is 25.8 Å². The van der Waals surface area contributed by atoms with Gasteiger partial charge in [0.25, 0.3) is 0 Å². The largest absolute Gasteiger partial charge is 0.389 e. The molecule has 0 fully saturated rings. The molecule has 2 N–H and O–H groups in total. The van der Waals surface area contributed by atoms with Gasteiger partial charge in [0.1, 0.15) is 4.99 Å². The van der Waals surface area contributed by atoms with Gasteiger partial charge in [-0.15, -0.1) is 0 Å². The normalized spacial score (nSPS) is 12.2. The van der Waals surface area contributed by atoms with Gasteiger partial charge in [-0.2, -0.15) is 0 Å². The van der Waals surface area contributed by atoms with E-state index < -0.39 is 0 Å². The Kier molecular flexibility index (Phi) is 6.55. The van der Waals surface area contributed by atoms with Crippen molar-refractivity contribution in [2.45, 2.75) is 26.3 Å². The molecule has 1 rings (SSSR count). The summed E-state index contributed by atoms with van der Waals surface area (Å²) in [6.07, 6.45) is 1.05. The van der Waals surface area contributed by atoms with Crippen LogP contribution in [0.4, 0.5) is 5.69 Å². The Hall–Kier alpha value is -0.840. The number of nitrogens with zero attached hydrogens (tertiary/aromatic N) is 1. The summed E-state index contributed by atoms with van der Waals surface area (Å²) in [6, 6.07) is 6.21. The summed E-state index contributed by atoms with van der Waals surface area (Å²) in [4.78, 5) is 2.60. The minimum atomic E-state index is 0.323. The second-order valence-electron chi connectivity index (χ2n) is 4.47. The summed E-state index contributed by atoms with van der Waals surface area (Å²) in [5.74, 6) is 0. The molecule has 1 aromatic rings. The third kappa shape index (κ3) is 4.34. The van der Waals surface area contributed by atoms with Gasteiger partial charge in [0, 0.05) is 30.9 Å². The summed E-state index contributed by atoms with van der Waals surface area (Å²) in [5, 5.41) is 0.593. The third-order valence-electron chi connectivity index (χ3n) is 3.21. The number of methoxy groups -OCH3 is 1. The zero-order chi connectivity index (χ0) is 14.4. The first-order valence-electron chi connectivity index (χ1n) is 6.36. The van der Waals surface area contributed by atoms with E-state index in [0.29, 0.717) is 22.7 Å². The number of hydrogen-bond acceptors (Lipinski definition) is 3. The molecule has 106 valence electrons. The van der Waals surface area contributed by atoms with Crippen molar-refractivity contribution in [3.63, 3.8) is 0 Å². The average molecular weight is 301 g/mol. The lowest BCUT2D eigenvalue weighted by Crippen LogP contribution is -2.35. The van der Waals surface area contributed by atoms with Gasteiger partial charge in [-0.1, -0.05) is 30.7 Å². The van der Waals surface area contributed by atoms with Gasteiger partial charge in [0.2, 0.25) is 0 Å². The molecule has 3 nitrogen and oxygen atoms in total. The Morgan fingerprint density at radius 3 is 2.68 bits per heavy atom. The molecule has 19 heavy (non-hydrogen) atoms.